The van der Waals surface area contributed by atoms with Gasteiger partial charge >= 0.3 is 12.1 Å². The van der Waals surface area contributed by atoms with E-state index in [2.05, 4.69) is 5.32 Å². The summed E-state index contributed by atoms with van der Waals surface area (Å²) in [4.78, 5) is 11.2. The molecule has 82 valence electrons. The van der Waals surface area contributed by atoms with Crippen molar-refractivity contribution < 1.29 is 23.1 Å². The summed E-state index contributed by atoms with van der Waals surface area (Å²) in [6.07, 6.45) is -4.37. The third-order valence-electron chi connectivity index (χ3n) is 2.07. The lowest BCUT2D eigenvalue weighted by Crippen LogP contribution is -2.58. The average molecular weight is 212 g/mol. The Morgan fingerprint density at radius 3 is 2.71 bits per heavy atom. The van der Waals surface area contributed by atoms with Crippen molar-refractivity contribution in [1.82, 2.24) is 10.2 Å². The molecule has 4 nitrogen and oxygen atoms in total. The zero-order chi connectivity index (χ0) is 10.8. The zero-order valence-corrected chi connectivity index (χ0v) is 7.34. The van der Waals surface area contributed by atoms with Gasteiger partial charge < -0.3 is 10.4 Å². The standard InChI is InChI=1S/C7H11F3N2O2/c8-7(9,10)5-3-11-1-2-12(5)4-6(13)14/h5,11H,1-4H2,(H,13,14). The maximum atomic E-state index is 12.4. The Bertz CT molecular complexity index is 219. The van der Waals surface area contributed by atoms with E-state index < -0.39 is 24.7 Å². The first-order valence-corrected chi connectivity index (χ1v) is 4.14. The van der Waals surface area contributed by atoms with Crippen LogP contribution in [-0.4, -0.2) is 54.4 Å². The first-order chi connectivity index (χ1) is 6.41. The van der Waals surface area contributed by atoms with Crippen molar-refractivity contribution in [2.24, 2.45) is 0 Å². The normalized spacial score (nSPS) is 24.9. The van der Waals surface area contributed by atoms with Gasteiger partial charge in [-0.15, -0.1) is 0 Å². The van der Waals surface area contributed by atoms with Crippen molar-refractivity contribution in [3.8, 4) is 0 Å². The van der Waals surface area contributed by atoms with Crippen LogP contribution in [0.4, 0.5) is 13.2 Å². The molecule has 0 amide bonds. The number of carbonyl (C=O) groups is 1. The van der Waals surface area contributed by atoms with Crippen molar-refractivity contribution in [3.63, 3.8) is 0 Å². The lowest BCUT2D eigenvalue weighted by atomic mass is 10.2. The molecule has 0 aromatic heterocycles. The first-order valence-electron chi connectivity index (χ1n) is 4.14. The highest BCUT2D eigenvalue weighted by Crippen LogP contribution is 2.25. The molecule has 0 aliphatic carbocycles. The Labute approximate surface area is 78.7 Å². The van der Waals surface area contributed by atoms with Crippen LogP contribution in [-0.2, 0) is 4.79 Å². The van der Waals surface area contributed by atoms with E-state index in [0.29, 0.717) is 6.54 Å². The van der Waals surface area contributed by atoms with Crippen molar-refractivity contribution in [1.29, 1.82) is 0 Å². The number of carboxylic acids is 1. The van der Waals surface area contributed by atoms with E-state index in [-0.39, 0.29) is 13.1 Å². The highest BCUT2D eigenvalue weighted by atomic mass is 19.4. The highest BCUT2D eigenvalue weighted by molar-refractivity contribution is 5.69. The van der Waals surface area contributed by atoms with Gasteiger partial charge in [0, 0.05) is 19.6 Å². The van der Waals surface area contributed by atoms with Crippen LogP contribution in [0, 0.1) is 0 Å². The minimum atomic E-state index is -4.37. The van der Waals surface area contributed by atoms with E-state index in [1.165, 1.54) is 0 Å². The molecule has 7 heteroatoms. The number of hydrogen-bond donors (Lipinski definition) is 2. The summed E-state index contributed by atoms with van der Waals surface area (Å²) in [5.74, 6) is -1.24. The Balaban J connectivity index is 2.64. The van der Waals surface area contributed by atoms with Crippen LogP contribution in [0.5, 0.6) is 0 Å². The van der Waals surface area contributed by atoms with E-state index in [0.717, 1.165) is 4.90 Å². The molecule has 0 aromatic rings. The van der Waals surface area contributed by atoms with Crippen molar-refractivity contribution in [2.75, 3.05) is 26.2 Å². The quantitative estimate of drug-likeness (QED) is 0.671. The SMILES string of the molecule is O=C(O)CN1CCNCC1C(F)(F)F. The third kappa shape index (κ3) is 2.85. The van der Waals surface area contributed by atoms with Gasteiger partial charge in [-0.1, -0.05) is 0 Å². The Morgan fingerprint density at radius 2 is 2.21 bits per heavy atom. The van der Waals surface area contributed by atoms with Crippen LogP contribution >= 0.6 is 0 Å². The van der Waals surface area contributed by atoms with E-state index in [1.807, 2.05) is 0 Å². The molecule has 1 fully saturated rings. The molecule has 14 heavy (non-hydrogen) atoms. The van der Waals surface area contributed by atoms with Gasteiger partial charge in [-0.05, 0) is 0 Å². The van der Waals surface area contributed by atoms with Gasteiger partial charge in [-0.2, -0.15) is 13.2 Å². The fraction of sp³-hybridized carbons (Fsp3) is 0.857. The van der Waals surface area contributed by atoms with Crippen LogP contribution < -0.4 is 5.32 Å². The van der Waals surface area contributed by atoms with Crippen molar-refractivity contribution in [2.45, 2.75) is 12.2 Å². The smallest absolute Gasteiger partial charge is 0.405 e. The van der Waals surface area contributed by atoms with Gasteiger partial charge in [0.25, 0.3) is 0 Å². The second kappa shape index (κ2) is 4.14. The van der Waals surface area contributed by atoms with E-state index in [1.54, 1.807) is 0 Å². The van der Waals surface area contributed by atoms with Gasteiger partial charge in [-0.25, -0.2) is 0 Å². The minimum absolute atomic E-state index is 0.108. The second-order valence-corrected chi connectivity index (χ2v) is 3.13. The molecule has 1 aliphatic heterocycles. The fourth-order valence-electron chi connectivity index (χ4n) is 1.43. The minimum Gasteiger partial charge on any atom is -0.480 e. The number of nitrogens with zero attached hydrogens (tertiary/aromatic N) is 1. The Kier molecular flexibility index (Phi) is 3.33. The summed E-state index contributed by atoms with van der Waals surface area (Å²) < 4.78 is 37.1. The molecule has 1 heterocycles. The highest BCUT2D eigenvalue weighted by Gasteiger charge is 2.44. The maximum Gasteiger partial charge on any atom is 0.405 e. The second-order valence-electron chi connectivity index (χ2n) is 3.13. The maximum absolute atomic E-state index is 12.4. The Hall–Kier alpha value is -0.820. The van der Waals surface area contributed by atoms with Crippen molar-refractivity contribution in [3.05, 3.63) is 0 Å². The van der Waals surface area contributed by atoms with Crippen LogP contribution in [0.3, 0.4) is 0 Å². The number of halogens is 3. The van der Waals surface area contributed by atoms with Gasteiger partial charge in [0.15, 0.2) is 0 Å². The van der Waals surface area contributed by atoms with Crippen LogP contribution in [0.1, 0.15) is 0 Å². The van der Waals surface area contributed by atoms with Gasteiger partial charge in [0.2, 0.25) is 0 Å². The summed E-state index contributed by atoms with van der Waals surface area (Å²) in [7, 11) is 0. The molecule has 1 atom stereocenters. The lowest BCUT2D eigenvalue weighted by molar-refractivity contribution is -0.189. The summed E-state index contributed by atoms with van der Waals surface area (Å²) in [6.45, 7) is -0.307. The zero-order valence-electron chi connectivity index (χ0n) is 7.34. The van der Waals surface area contributed by atoms with E-state index in [9.17, 15) is 18.0 Å². The molecule has 0 aromatic carbocycles. The number of hydrogen-bond acceptors (Lipinski definition) is 3. The lowest BCUT2D eigenvalue weighted by Gasteiger charge is -2.35. The molecule has 1 aliphatic rings. The van der Waals surface area contributed by atoms with Gasteiger partial charge in [-0.3, -0.25) is 9.69 Å². The summed E-state index contributed by atoms with van der Waals surface area (Å²) in [6, 6.07) is -1.69. The van der Waals surface area contributed by atoms with Crippen LogP contribution in [0.15, 0.2) is 0 Å². The number of aliphatic carboxylic acids is 1. The Morgan fingerprint density at radius 1 is 1.57 bits per heavy atom. The predicted molar refractivity (Wildman–Crippen MR) is 41.9 cm³/mol. The van der Waals surface area contributed by atoms with Gasteiger partial charge in [0.1, 0.15) is 6.04 Å². The van der Waals surface area contributed by atoms with Crippen LogP contribution in [0.25, 0.3) is 0 Å². The topological polar surface area (TPSA) is 52.6 Å². The third-order valence-corrected chi connectivity index (χ3v) is 2.07. The monoisotopic (exact) mass is 212 g/mol. The van der Waals surface area contributed by atoms with Crippen molar-refractivity contribution >= 4 is 5.97 Å². The molecular weight excluding hydrogens is 201 g/mol. The van der Waals surface area contributed by atoms with Gasteiger partial charge in [0.05, 0.1) is 6.54 Å². The number of rotatable bonds is 2. The molecule has 0 bridgehead atoms. The fourth-order valence-corrected chi connectivity index (χ4v) is 1.43. The first kappa shape index (κ1) is 11.3. The molecule has 0 saturated carbocycles. The predicted octanol–water partition coefficient (Wildman–Crippen LogP) is -0.0929. The molecule has 1 saturated heterocycles. The molecule has 0 radical (unpaired) electrons. The molecular formula is C7H11F3N2O2. The largest absolute Gasteiger partial charge is 0.480 e. The number of carboxylic acid groups (broad SMARTS) is 1. The molecule has 0 spiro atoms. The summed E-state index contributed by atoms with van der Waals surface area (Å²) in [5, 5.41) is 11.0. The van der Waals surface area contributed by atoms with Crippen LogP contribution in [0.2, 0.25) is 0 Å². The summed E-state index contributed by atoms with van der Waals surface area (Å²) >= 11 is 0. The average Bonchev–Trinajstić information content (AvgIpc) is 2.01. The molecule has 1 unspecified atom stereocenters. The molecule has 2 N–H and O–H groups in total. The van der Waals surface area contributed by atoms with E-state index >= 15 is 0 Å². The number of nitrogens with one attached hydrogen (secondary N) is 1. The summed E-state index contributed by atoms with van der Waals surface area (Å²) in [5.41, 5.74) is 0. The van der Waals surface area contributed by atoms with E-state index in [4.69, 9.17) is 5.11 Å². The molecule has 1 rings (SSSR count). The number of piperazine rings is 1. The number of alkyl halides is 3.